The topological polar surface area (TPSA) is 3.24 Å². The Bertz CT molecular complexity index is 3170. The van der Waals surface area contributed by atoms with Crippen LogP contribution in [0.1, 0.15) is 66.6 Å². The Labute approximate surface area is 344 Å². The summed E-state index contributed by atoms with van der Waals surface area (Å²) in [5.74, 6) is 0. The lowest BCUT2D eigenvalue weighted by Crippen LogP contribution is -2.26. The lowest BCUT2D eigenvalue weighted by Gasteiger charge is -2.33. The van der Waals surface area contributed by atoms with Crippen molar-refractivity contribution >= 4 is 29.2 Å². The molecule has 0 radical (unpaired) electrons. The van der Waals surface area contributed by atoms with Gasteiger partial charge < -0.3 is 4.90 Å². The van der Waals surface area contributed by atoms with Crippen LogP contribution in [-0.2, 0) is 10.8 Å². The van der Waals surface area contributed by atoms with Crippen molar-refractivity contribution in [2.24, 2.45) is 0 Å². The van der Waals surface area contributed by atoms with Crippen molar-refractivity contribution < 1.29 is 8.22 Å². The third kappa shape index (κ3) is 4.57. The van der Waals surface area contributed by atoms with E-state index in [4.69, 9.17) is 8.22 Å². The molecule has 0 heterocycles. The van der Waals surface area contributed by atoms with Gasteiger partial charge >= 0.3 is 0 Å². The fraction of sp³-hybridized carbons (Fsp3) is 0.0714. The summed E-state index contributed by atoms with van der Waals surface area (Å²) in [5, 5.41) is 0. The average Bonchev–Trinajstić information content (AvgIpc) is 3.87. The average molecular weight is 734 g/mol. The Balaban J connectivity index is 1.15. The zero-order valence-corrected chi connectivity index (χ0v) is 31.7. The van der Waals surface area contributed by atoms with Gasteiger partial charge in [0.25, 0.3) is 0 Å². The molecule has 11 rings (SSSR count). The first-order valence-corrected chi connectivity index (χ1v) is 19.5. The fourth-order valence-corrected chi connectivity index (χ4v) is 10.3. The van der Waals surface area contributed by atoms with Gasteiger partial charge in [0.05, 0.1) is 19.3 Å². The second-order valence-electron chi connectivity index (χ2n) is 15.9. The molecular formula is C56H41N. The second-order valence-corrected chi connectivity index (χ2v) is 15.9. The molecule has 1 heteroatoms. The molecule has 3 aliphatic rings. The highest BCUT2D eigenvalue weighted by Crippen LogP contribution is 2.63. The van der Waals surface area contributed by atoms with Gasteiger partial charge in [0.2, 0.25) is 0 Å². The molecular weight excluding hydrogens is 687 g/mol. The summed E-state index contributed by atoms with van der Waals surface area (Å²) in [6.07, 6.45) is 0. The Morgan fingerprint density at radius 1 is 0.456 bits per heavy atom. The first kappa shape index (κ1) is 27.6. The summed E-state index contributed by atoms with van der Waals surface area (Å²) in [6, 6.07) is 61.5. The van der Waals surface area contributed by atoms with Crippen LogP contribution in [0.15, 0.2) is 189 Å². The number of benzene rings is 8. The third-order valence-electron chi connectivity index (χ3n) is 12.7. The van der Waals surface area contributed by atoms with Crippen molar-refractivity contribution in [1.29, 1.82) is 0 Å². The molecule has 0 bridgehead atoms. The predicted octanol–water partition coefficient (Wildman–Crippen LogP) is 14.8. The van der Waals surface area contributed by atoms with Gasteiger partial charge in [-0.2, -0.15) is 0 Å². The Kier molecular flexibility index (Phi) is 5.94. The fourth-order valence-electron chi connectivity index (χ4n) is 10.3. The van der Waals surface area contributed by atoms with Crippen LogP contribution in [0, 0.1) is 0 Å². The van der Waals surface area contributed by atoms with E-state index in [9.17, 15) is 0 Å². The van der Waals surface area contributed by atoms with E-state index in [1.54, 1.807) is 12.1 Å². The zero-order valence-electron chi connectivity index (χ0n) is 37.7. The van der Waals surface area contributed by atoms with E-state index in [0.717, 1.165) is 22.6 Å². The highest BCUT2D eigenvalue weighted by atomic mass is 15.1. The second kappa shape index (κ2) is 12.3. The molecule has 0 amide bonds. The van der Waals surface area contributed by atoms with Gasteiger partial charge in [-0.25, -0.2) is 0 Å². The van der Waals surface area contributed by atoms with Gasteiger partial charge in [0.1, 0.15) is 0 Å². The molecule has 0 saturated heterocycles. The molecule has 0 unspecified atom stereocenters. The molecule has 0 atom stereocenters. The minimum atomic E-state index is -0.652. The van der Waals surface area contributed by atoms with Crippen LogP contribution in [0.5, 0.6) is 0 Å². The quantitative estimate of drug-likeness (QED) is 0.164. The standard InChI is InChI=1S/C56H41N/c1-5-36-32-37(6-2)34-39(33-36)38-26-28-40(29-27-38)57(53-25-15-24-51-54(53)46-19-10-11-20-47(46)55(51,3)4)41-30-31-45-44-18-9-14-23-50(44)56(52(45)35-41)48-21-12-7-16-42(48)43-17-8-13-22-49(43)56/h5-35H,1-2H2,3-4H3/i1D2,2D2,5D,6D. The number of hydrogen-bond acceptors (Lipinski definition) is 1. The number of hydrogen-bond donors (Lipinski definition) is 0. The lowest BCUT2D eigenvalue weighted by atomic mass is 9.70. The first-order chi connectivity index (χ1) is 30.5. The molecule has 0 saturated carbocycles. The van der Waals surface area contributed by atoms with E-state index in [1.807, 2.05) is 12.1 Å². The molecule has 1 spiro atoms. The van der Waals surface area contributed by atoms with E-state index in [1.165, 1.54) is 72.8 Å². The van der Waals surface area contributed by atoms with Gasteiger partial charge in [-0.1, -0.05) is 166 Å². The number of anilines is 3. The van der Waals surface area contributed by atoms with Crippen molar-refractivity contribution in [2.45, 2.75) is 24.7 Å². The van der Waals surface area contributed by atoms with E-state index < -0.39 is 18.5 Å². The summed E-state index contributed by atoms with van der Waals surface area (Å²) >= 11 is 0. The summed E-state index contributed by atoms with van der Waals surface area (Å²) in [7, 11) is 0. The largest absolute Gasteiger partial charge is 0.310 e. The maximum absolute atomic E-state index is 8.46. The van der Waals surface area contributed by atoms with Crippen LogP contribution < -0.4 is 4.90 Å². The van der Waals surface area contributed by atoms with E-state index in [0.29, 0.717) is 5.56 Å². The molecule has 0 aliphatic heterocycles. The van der Waals surface area contributed by atoms with Crippen molar-refractivity contribution in [1.82, 2.24) is 0 Å². The van der Waals surface area contributed by atoms with Crippen LogP contribution in [0.2, 0.25) is 0 Å². The van der Waals surface area contributed by atoms with Crippen LogP contribution in [-0.4, -0.2) is 0 Å². The monoisotopic (exact) mass is 733 g/mol. The van der Waals surface area contributed by atoms with Gasteiger partial charge in [-0.15, -0.1) is 0 Å². The van der Waals surface area contributed by atoms with E-state index in [-0.39, 0.29) is 28.6 Å². The van der Waals surface area contributed by atoms with E-state index >= 15 is 0 Å². The van der Waals surface area contributed by atoms with Crippen LogP contribution >= 0.6 is 0 Å². The summed E-state index contributed by atoms with van der Waals surface area (Å²) in [6.45, 7) is 3.30. The summed E-state index contributed by atoms with van der Waals surface area (Å²) < 4.78 is 48.3. The molecule has 0 aromatic heterocycles. The zero-order chi connectivity index (χ0) is 43.4. The molecule has 0 N–H and O–H groups in total. The maximum atomic E-state index is 8.46. The van der Waals surface area contributed by atoms with Gasteiger partial charge in [0, 0.05) is 22.4 Å². The first-order valence-electron chi connectivity index (χ1n) is 22.5. The van der Waals surface area contributed by atoms with Crippen LogP contribution in [0.4, 0.5) is 17.1 Å². The maximum Gasteiger partial charge on any atom is 0.0726 e. The highest BCUT2D eigenvalue weighted by Gasteiger charge is 2.51. The Morgan fingerprint density at radius 3 is 1.56 bits per heavy atom. The summed E-state index contributed by atoms with van der Waals surface area (Å²) in [5.41, 5.74) is 19.3. The lowest BCUT2D eigenvalue weighted by molar-refractivity contribution is 0.660. The molecule has 3 aliphatic carbocycles. The van der Waals surface area contributed by atoms with Crippen LogP contribution in [0.3, 0.4) is 0 Å². The summed E-state index contributed by atoms with van der Waals surface area (Å²) in [4.78, 5) is 2.38. The molecule has 270 valence electrons. The number of rotatable bonds is 6. The van der Waals surface area contributed by atoms with E-state index in [2.05, 4.69) is 164 Å². The van der Waals surface area contributed by atoms with Crippen LogP contribution in [0.25, 0.3) is 56.6 Å². The van der Waals surface area contributed by atoms with Crippen molar-refractivity contribution in [2.75, 3.05) is 4.90 Å². The van der Waals surface area contributed by atoms with Crippen molar-refractivity contribution in [3.8, 4) is 44.5 Å². The Morgan fingerprint density at radius 2 is 0.965 bits per heavy atom. The molecule has 0 fully saturated rings. The third-order valence-corrected chi connectivity index (χ3v) is 12.7. The van der Waals surface area contributed by atoms with Crippen molar-refractivity contribution in [3.63, 3.8) is 0 Å². The Hall–Kier alpha value is -6.96. The van der Waals surface area contributed by atoms with Gasteiger partial charge in [-0.3, -0.25) is 0 Å². The number of nitrogens with zero attached hydrogens (tertiary/aromatic N) is 1. The number of fused-ring (bicyclic) bond motifs is 13. The van der Waals surface area contributed by atoms with Crippen molar-refractivity contribution in [3.05, 3.63) is 233 Å². The smallest absolute Gasteiger partial charge is 0.0726 e. The molecule has 57 heavy (non-hydrogen) atoms. The van der Waals surface area contributed by atoms with Gasteiger partial charge in [0.15, 0.2) is 0 Å². The molecule has 8 aromatic carbocycles. The molecule has 1 nitrogen and oxygen atoms in total. The van der Waals surface area contributed by atoms with Gasteiger partial charge in [-0.05, 0) is 132 Å². The SMILES string of the molecule is [2H]C([2H])=C([2H])c1cc(C([2H])=C([2H])[2H])cc(-c2ccc(N(c3ccc4c(c3)C3(c5ccccc5-c5ccccc53)c3ccccc3-4)c3cccc4c3-c3ccccc3C4(C)C)cc2)c1. The predicted molar refractivity (Wildman–Crippen MR) is 241 cm³/mol. The highest BCUT2D eigenvalue weighted by molar-refractivity contribution is 5.99. The minimum Gasteiger partial charge on any atom is -0.310 e. The minimum absolute atomic E-state index is 0.215. The normalized spacial score (nSPS) is 15.5. The molecule has 8 aromatic rings.